The molecule has 0 spiro atoms. The fourth-order valence-corrected chi connectivity index (χ4v) is 9.22. The molecule has 3 aromatic carbocycles. The maximum Gasteiger partial charge on any atom is 0.258 e. The Morgan fingerprint density at radius 3 is 2.10 bits per heavy atom. The van der Waals surface area contributed by atoms with Crippen LogP contribution >= 0.6 is 0 Å². The van der Waals surface area contributed by atoms with Crippen LogP contribution in [0.25, 0.3) is 0 Å². The van der Waals surface area contributed by atoms with E-state index in [9.17, 15) is 1.37 Å². The summed E-state index contributed by atoms with van der Waals surface area (Å²) in [7, 11) is 0. The molecule has 0 amide bonds. The Balaban J connectivity index is 1.49. The summed E-state index contributed by atoms with van der Waals surface area (Å²) in [6.07, 6.45) is 2.10. The number of nitrogens with zero attached hydrogens (tertiary/aromatic N) is 2. The zero-order valence-corrected chi connectivity index (χ0v) is 25.5. The predicted octanol–water partition coefficient (Wildman–Crippen LogP) is 7.40. The van der Waals surface area contributed by atoms with Gasteiger partial charge in [-0.3, -0.25) is 0 Å². The number of aromatic nitrogens is 1. The number of para-hydroxylation sites is 1. The van der Waals surface area contributed by atoms with Crippen molar-refractivity contribution in [3.63, 3.8) is 0 Å². The lowest BCUT2D eigenvalue weighted by molar-refractivity contribution is 0.403. The standard InChI is InChI=1S/C37H39BN2O/c1-34(2)20-35(3,4)24-17-22(13-14-23(24)34)40-29-15-16-39-33-32(29)38(27-11-9-10-12-31(27)41-33)28-18-25-26(19-30(28)40)37(7,8)21-36(25,5)6/h9-19H,20-21H2,1-8H3/i15D,16D. The summed E-state index contributed by atoms with van der Waals surface area (Å²) in [6.45, 7) is 18.7. The maximum absolute atomic E-state index is 9.31. The molecule has 0 saturated carbocycles. The molecule has 0 atom stereocenters. The first kappa shape index (κ1) is 23.1. The summed E-state index contributed by atoms with van der Waals surface area (Å²) in [5.74, 6) is 1.22. The lowest BCUT2D eigenvalue weighted by atomic mass is 9.34. The van der Waals surface area contributed by atoms with E-state index in [1.165, 1.54) is 27.7 Å². The van der Waals surface area contributed by atoms with Gasteiger partial charge in [0, 0.05) is 28.7 Å². The molecule has 3 nitrogen and oxygen atoms in total. The summed E-state index contributed by atoms with van der Waals surface area (Å²) in [4.78, 5) is 6.82. The summed E-state index contributed by atoms with van der Waals surface area (Å²) in [5.41, 5.74) is 11.8. The van der Waals surface area contributed by atoms with Crippen molar-refractivity contribution in [3.05, 3.63) is 89.1 Å². The Bertz CT molecular complexity index is 1910. The second-order valence-electron chi connectivity index (χ2n) is 15.4. The van der Waals surface area contributed by atoms with Gasteiger partial charge in [0.1, 0.15) is 5.75 Å². The van der Waals surface area contributed by atoms with E-state index < -0.39 is 0 Å². The molecule has 0 N–H and O–H groups in total. The van der Waals surface area contributed by atoms with Crippen LogP contribution < -0.4 is 26.0 Å². The van der Waals surface area contributed by atoms with Crippen molar-refractivity contribution < 1.29 is 7.48 Å². The van der Waals surface area contributed by atoms with Crippen molar-refractivity contribution in [2.24, 2.45) is 0 Å². The summed E-state index contributed by atoms with van der Waals surface area (Å²) >= 11 is 0. The van der Waals surface area contributed by atoms with Crippen LogP contribution in [0.3, 0.4) is 0 Å². The van der Waals surface area contributed by atoms with Gasteiger partial charge in [0.15, 0.2) is 0 Å². The molecule has 1 aromatic heterocycles. The van der Waals surface area contributed by atoms with E-state index in [0.717, 1.165) is 40.9 Å². The van der Waals surface area contributed by atoms with Gasteiger partial charge in [0.2, 0.25) is 5.88 Å². The van der Waals surface area contributed by atoms with E-state index in [0.29, 0.717) is 11.6 Å². The van der Waals surface area contributed by atoms with Crippen LogP contribution in [-0.4, -0.2) is 11.7 Å². The lowest BCUT2D eigenvalue weighted by Gasteiger charge is -2.40. The predicted molar refractivity (Wildman–Crippen MR) is 171 cm³/mol. The number of hydrogen-bond donors (Lipinski definition) is 0. The van der Waals surface area contributed by atoms with Crippen molar-refractivity contribution in [2.45, 2.75) is 89.9 Å². The second-order valence-corrected chi connectivity index (χ2v) is 15.4. The fourth-order valence-electron chi connectivity index (χ4n) is 9.22. The monoisotopic (exact) mass is 540 g/mol. The van der Waals surface area contributed by atoms with Crippen LogP contribution in [-0.2, 0) is 21.7 Å². The van der Waals surface area contributed by atoms with Crippen LogP contribution in [0.15, 0.2) is 66.8 Å². The Morgan fingerprint density at radius 1 is 0.732 bits per heavy atom. The normalized spacial score (nSPS) is 21.6. The first-order chi connectivity index (χ1) is 20.1. The molecule has 0 fully saturated rings. The molecular formula is C37H39BN2O. The highest BCUT2D eigenvalue weighted by Crippen LogP contribution is 2.54. The van der Waals surface area contributed by atoms with Gasteiger partial charge in [-0.25, -0.2) is 4.98 Å². The van der Waals surface area contributed by atoms with Gasteiger partial charge in [0.05, 0.1) is 2.74 Å². The van der Waals surface area contributed by atoms with Gasteiger partial charge >= 0.3 is 0 Å². The number of pyridine rings is 1. The average Bonchev–Trinajstić information content (AvgIpc) is 3.23. The summed E-state index contributed by atoms with van der Waals surface area (Å²) < 4.78 is 24.5. The third kappa shape index (κ3) is 3.31. The van der Waals surface area contributed by atoms with Crippen molar-refractivity contribution in [1.82, 2.24) is 4.98 Å². The minimum absolute atomic E-state index is 0.0190. The lowest BCUT2D eigenvalue weighted by Crippen LogP contribution is -2.60. The molecule has 2 aliphatic carbocycles. The summed E-state index contributed by atoms with van der Waals surface area (Å²) in [6, 6.07) is 20.1. The molecule has 4 aromatic rings. The highest BCUT2D eigenvalue weighted by atomic mass is 16.5. The smallest absolute Gasteiger partial charge is 0.258 e. The maximum atomic E-state index is 9.31. The van der Waals surface area contributed by atoms with Crippen LogP contribution in [0, 0.1) is 0 Å². The third-order valence-electron chi connectivity index (χ3n) is 10.4. The van der Waals surface area contributed by atoms with Crippen molar-refractivity contribution in [3.8, 4) is 11.6 Å². The van der Waals surface area contributed by atoms with Crippen LogP contribution in [0.5, 0.6) is 11.6 Å². The van der Waals surface area contributed by atoms with Gasteiger partial charge in [-0.2, -0.15) is 0 Å². The number of hydrogen-bond acceptors (Lipinski definition) is 3. The van der Waals surface area contributed by atoms with E-state index in [1.54, 1.807) is 0 Å². The molecule has 0 radical (unpaired) electrons. The molecule has 206 valence electrons. The first-order valence-electron chi connectivity index (χ1n) is 16.0. The molecule has 3 heterocycles. The first-order valence-corrected chi connectivity index (χ1v) is 15.0. The molecular weight excluding hydrogens is 499 g/mol. The van der Waals surface area contributed by atoms with E-state index in [2.05, 4.69) is 108 Å². The van der Waals surface area contributed by atoms with E-state index >= 15 is 0 Å². The largest absolute Gasteiger partial charge is 0.440 e. The van der Waals surface area contributed by atoms with E-state index in [1.807, 2.05) is 12.1 Å². The second kappa shape index (κ2) is 7.65. The molecule has 4 aliphatic rings. The fraction of sp³-hybridized carbons (Fsp3) is 0.378. The molecule has 0 unspecified atom stereocenters. The van der Waals surface area contributed by atoms with E-state index in [-0.39, 0.29) is 40.6 Å². The Labute approximate surface area is 247 Å². The van der Waals surface area contributed by atoms with Gasteiger partial charge in [-0.05, 0) is 98.0 Å². The molecule has 8 rings (SSSR count). The number of ether oxygens (including phenoxy) is 1. The number of rotatable bonds is 1. The van der Waals surface area contributed by atoms with Crippen LogP contribution in [0.2, 0.25) is 0 Å². The molecule has 2 aliphatic heterocycles. The van der Waals surface area contributed by atoms with E-state index in [4.69, 9.17) is 6.11 Å². The molecule has 41 heavy (non-hydrogen) atoms. The van der Waals surface area contributed by atoms with Crippen LogP contribution in [0.1, 0.15) is 93.2 Å². The number of anilines is 3. The van der Waals surface area contributed by atoms with Gasteiger partial charge < -0.3 is 9.64 Å². The van der Waals surface area contributed by atoms with Gasteiger partial charge in [-0.1, -0.05) is 85.7 Å². The van der Waals surface area contributed by atoms with Crippen molar-refractivity contribution in [2.75, 3.05) is 4.90 Å². The highest BCUT2D eigenvalue weighted by molar-refractivity contribution is 6.99. The molecule has 4 heteroatoms. The highest BCUT2D eigenvalue weighted by Gasteiger charge is 2.48. The van der Waals surface area contributed by atoms with Crippen LogP contribution in [0.4, 0.5) is 17.1 Å². The number of fused-ring (bicyclic) bond motifs is 6. The third-order valence-corrected chi connectivity index (χ3v) is 10.4. The topological polar surface area (TPSA) is 25.4 Å². The summed E-state index contributed by atoms with van der Waals surface area (Å²) in [5, 5.41) is 0. The SMILES string of the molecule is [2H]c1nc2c3c(c1[2H])N(c1ccc4c(c1)C(C)(C)CC4(C)C)c1cc4c(cc1B3c1ccccc1O2)C(C)(C)CC4(C)C. The quantitative estimate of drug-likeness (QED) is 0.203. The Hall–Kier alpha value is -3.53. The van der Waals surface area contributed by atoms with Crippen molar-refractivity contribution in [1.29, 1.82) is 0 Å². The minimum atomic E-state index is -0.131. The van der Waals surface area contributed by atoms with Crippen molar-refractivity contribution >= 4 is 40.2 Å². The molecule has 0 saturated heterocycles. The zero-order valence-electron chi connectivity index (χ0n) is 27.5. The molecule has 0 bridgehead atoms. The van der Waals surface area contributed by atoms with Gasteiger partial charge in [-0.15, -0.1) is 0 Å². The number of benzene rings is 3. The van der Waals surface area contributed by atoms with Gasteiger partial charge in [0.25, 0.3) is 6.71 Å². The average molecular weight is 541 g/mol. The zero-order chi connectivity index (χ0) is 30.4. The Morgan fingerprint density at radius 2 is 1.37 bits per heavy atom. The minimum Gasteiger partial charge on any atom is -0.440 e. The Kier molecular flexibility index (Phi) is 4.31.